The van der Waals surface area contributed by atoms with Crippen LogP contribution >= 0.6 is 0 Å². The van der Waals surface area contributed by atoms with Crippen LogP contribution in [0.5, 0.6) is 5.75 Å². The van der Waals surface area contributed by atoms with Crippen LogP contribution in [0.25, 0.3) is 10.9 Å². The predicted molar refractivity (Wildman–Crippen MR) is 98.6 cm³/mol. The van der Waals surface area contributed by atoms with E-state index in [1.807, 2.05) is 69.3 Å². The van der Waals surface area contributed by atoms with Crippen molar-refractivity contribution in [3.8, 4) is 5.75 Å². The van der Waals surface area contributed by atoms with E-state index in [4.69, 9.17) is 4.74 Å². The summed E-state index contributed by atoms with van der Waals surface area (Å²) in [6, 6.07) is 15.3. The number of aromatic nitrogens is 2. The molecule has 0 bridgehead atoms. The maximum Gasteiger partial charge on any atom is 0.244 e. The number of benzene rings is 2. The Labute approximate surface area is 147 Å². The quantitative estimate of drug-likeness (QED) is 0.747. The summed E-state index contributed by atoms with van der Waals surface area (Å²) in [5.41, 5.74) is 2.94. The molecule has 5 heteroatoms. The Morgan fingerprint density at radius 1 is 1.20 bits per heavy atom. The molecule has 0 spiro atoms. The lowest BCUT2D eigenvalue weighted by Gasteiger charge is -2.14. The Bertz CT molecular complexity index is 868. The summed E-state index contributed by atoms with van der Waals surface area (Å²) in [6.45, 7) is 6.91. The molecule has 3 aromatic rings. The number of nitrogens with zero attached hydrogens (tertiary/aromatic N) is 2. The molecule has 1 amide bonds. The van der Waals surface area contributed by atoms with Gasteiger partial charge in [0.25, 0.3) is 0 Å². The molecule has 5 nitrogen and oxygen atoms in total. The van der Waals surface area contributed by atoms with Gasteiger partial charge >= 0.3 is 0 Å². The van der Waals surface area contributed by atoms with Gasteiger partial charge in [0.05, 0.1) is 17.8 Å². The standard InChI is InChI=1S/C20H23N3O2/c1-4-25-17-11-9-16(10-12-17)13-21-20(24)15(3)23-19-8-6-5-7-18(19)14(2)22-23/h5-12,15H,4,13H2,1-3H3,(H,21,24)/t15-/m0/s1. The molecule has 0 saturated carbocycles. The second kappa shape index (κ2) is 7.38. The summed E-state index contributed by atoms with van der Waals surface area (Å²) in [5, 5.41) is 8.60. The fourth-order valence-electron chi connectivity index (χ4n) is 2.86. The van der Waals surface area contributed by atoms with E-state index >= 15 is 0 Å². The third kappa shape index (κ3) is 3.65. The molecule has 0 aliphatic carbocycles. The van der Waals surface area contributed by atoms with Gasteiger partial charge in [-0.1, -0.05) is 30.3 Å². The van der Waals surface area contributed by atoms with Crippen molar-refractivity contribution in [2.45, 2.75) is 33.4 Å². The number of rotatable bonds is 6. The monoisotopic (exact) mass is 337 g/mol. The van der Waals surface area contributed by atoms with Gasteiger partial charge in [-0.2, -0.15) is 5.10 Å². The normalized spacial score (nSPS) is 12.1. The minimum absolute atomic E-state index is 0.0536. The number of carbonyl (C=O) groups excluding carboxylic acids is 1. The SMILES string of the molecule is CCOc1ccc(CNC(=O)[C@H](C)n2nc(C)c3ccccc32)cc1. The Hall–Kier alpha value is -2.82. The van der Waals surface area contributed by atoms with Crippen LogP contribution in [0.3, 0.4) is 0 Å². The zero-order chi connectivity index (χ0) is 17.8. The lowest BCUT2D eigenvalue weighted by atomic mass is 10.2. The van der Waals surface area contributed by atoms with Crippen LogP contribution in [0.2, 0.25) is 0 Å². The Morgan fingerprint density at radius 3 is 2.64 bits per heavy atom. The molecule has 0 fully saturated rings. The minimum Gasteiger partial charge on any atom is -0.494 e. The summed E-state index contributed by atoms with van der Waals surface area (Å²) in [6.07, 6.45) is 0. The molecule has 0 aliphatic heterocycles. The topological polar surface area (TPSA) is 56.1 Å². The van der Waals surface area contributed by atoms with Gasteiger partial charge in [0.15, 0.2) is 0 Å². The average molecular weight is 337 g/mol. The van der Waals surface area contributed by atoms with E-state index in [1.54, 1.807) is 4.68 Å². The molecule has 1 heterocycles. The van der Waals surface area contributed by atoms with E-state index < -0.39 is 0 Å². The molecule has 1 aromatic heterocycles. The first-order valence-electron chi connectivity index (χ1n) is 8.53. The van der Waals surface area contributed by atoms with Gasteiger partial charge in [-0.05, 0) is 44.5 Å². The predicted octanol–water partition coefficient (Wildman–Crippen LogP) is 3.62. The van der Waals surface area contributed by atoms with Crippen molar-refractivity contribution in [3.05, 3.63) is 59.8 Å². The number of amides is 1. The van der Waals surface area contributed by atoms with Gasteiger partial charge in [-0.15, -0.1) is 0 Å². The van der Waals surface area contributed by atoms with E-state index in [0.717, 1.165) is 27.9 Å². The summed E-state index contributed by atoms with van der Waals surface area (Å²) >= 11 is 0. The Balaban J connectivity index is 1.68. The summed E-state index contributed by atoms with van der Waals surface area (Å²) in [4.78, 5) is 12.5. The Morgan fingerprint density at radius 2 is 1.92 bits per heavy atom. The summed E-state index contributed by atoms with van der Waals surface area (Å²) < 4.78 is 7.22. The zero-order valence-electron chi connectivity index (χ0n) is 14.8. The second-order valence-corrected chi connectivity index (χ2v) is 6.02. The van der Waals surface area contributed by atoms with Gasteiger partial charge in [-0.3, -0.25) is 9.48 Å². The molecule has 0 unspecified atom stereocenters. The number of aryl methyl sites for hydroxylation is 1. The molecule has 25 heavy (non-hydrogen) atoms. The highest BCUT2D eigenvalue weighted by Gasteiger charge is 2.18. The van der Waals surface area contributed by atoms with E-state index in [2.05, 4.69) is 10.4 Å². The number of nitrogens with one attached hydrogen (secondary N) is 1. The largest absolute Gasteiger partial charge is 0.494 e. The van der Waals surface area contributed by atoms with Gasteiger partial charge in [-0.25, -0.2) is 0 Å². The van der Waals surface area contributed by atoms with Crippen molar-refractivity contribution in [1.29, 1.82) is 0 Å². The van der Waals surface area contributed by atoms with Gasteiger partial charge in [0.1, 0.15) is 11.8 Å². The van der Waals surface area contributed by atoms with E-state index in [0.29, 0.717) is 13.2 Å². The van der Waals surface area contributed by atoms with Crippen LogP contribution in [0.4, 0.5) is 0 Å². The smallest absolute Gasteiger partial charge is 0.244 e. The molecule has 3 rings (SSSR count). The molecular weight excluding hydrogens is 314 g/mol. The summed E-state index contributed by atoms with van der Waals surface area (Å²) in [5.74, 6) is 0.784. The number of fused-ring (bicyclic) bond motifs is 1. The molecule has 130 valence electrons. The van der Waals surface area contributed by atoms with Crippen molar-refractivity contribution in [2.24, 2.45) is 0 Å². The fraction of sp³-hybridized carbons (Fsp3) is 0.300. The van der Waals surface area contributed by atoms with Gasteiger partial charge < -0.3 is 10.1 Å². The maximum atomic E-state index is 12.5. The van der Waals surface area contributed by atoms with Crippen LogP contribution in [0, 0.1) is 6.92 Å². The van der Waals surface area contributed by atoms with E-state index in [1.165, 1.54) is 0 Å². The van der Waals surface area contributed by atoms with Crippen molar-refractivity contribution < 1.29 is 9.53 Å². The molecule has 2 aromatic carbocycles. The molecule has 0 aliphatic rings. The number of para-hydroxylation sites is 1. The molecular formula is C20H23N3O2. The molecule has 0 radical (unpaired) electrons. The van der Waals surface area contributed by atoms with Crippen molar-refractivity contribution in [3.63, 3.8) is 0 Å². The van der Waals surface area contributed by atoms with Crippen LogP contribution in [-0.4, -0.2) is 22.3 Å². The van der Waals surface area contributed by atoms with E-state index in [-0.39, 0.29) is 11.9 Å². The first-order chi connectivity index (χ1) is 12.1. The molecule has 1 atom stereocenters. The average Bonchev–Trinajstić information content (AvgIpc) is 2.98. The third-order valence-electron chi connectivity index (χ3n) is 4.25. The van der Waals surface area contributed by atoms with Crippen LogP contribution in [0.1, 0.15) is 31.1 Å². The zero-order valence-corrected chi connectivity index (χ0v) is 14.8. The number of carbonyl (C=O) groups is 1. The van der Waals surface area contributed by atoms with Gasteiger partial charge in [0, 0.05) is 11.9 Å². The van der Waals surface area contributed by atoms with Crippen LogP contribution in [0.15, 0.2) is 48.5 Å². The van der Waals surface area contributed by atoms with Crippen molar-refractivity contribution in [1.82, 2.24) is 15.1 Å². The lowest BCUT2D eigenvalue weighted by Crippen LogP contribution is -2.31. The second-order valence-electron chi connectivity index (χ2n) is 6.02. The Kier molecular flexibility index (Phi) is 5.03. The molecule has 1 N–H and O–H groups in total. The molecule has 0 saturated heterocycles. The first-order valence-corrected chi connectivity index (χ1v) is 8.53. The third-order valence-corrected chi connectivity index (χ3v) is 4.25. The highest BCUT2D eigenvalue weighted by atomic mass is 16.5. The minimum atomic E-state index is -0.374. The maximum absolute atomic E-state index is 12.5. The fourth-order valence-corrected chi connectivity index (χ4v) is 2.86. The van der Waals surface area contributed by atoms with Crippen molar-refractivity contribution >= 4 is 16.8 Å². The first kappa shape index (κ1) is 17.0. The van der Waals surface area contributed by atoms with Crippen LogP contribution < -0.4 is 10.1 Å². The van der Waals surface area contributed by atoms with Crippen molar-refractivity contribution in [2.75, 3.05) is 6.61 Å². The summed E-state index contributed by atoms with van der Waals surface area (Å²) in [7, 11) is 0. The lowest BCUT2D eigenvalue weighted by molar-refractivity contribution is -0.124. The highest BCUT2D eigenvalue weighted by Crippen LogP contribution is 2.21. The number of hydrogen-bond acceptors (Lipinski definition) is 3. The number of hydrogen-bond donors (Lipinski definition) is 1. The van der Waals surface area contributed by atoms with E-state index in [9.17, 15) is 4.79 Å². The van der Waals surface area contributed by atoms with Crippen LogP contribution in [-0.2, 0) is 11.3 Å². The van der Waals surface area contributed by atoms with Gasteiger partial charge in [0.2, 0.25) is 5.91 Å². The number of ether oxygens (including phenoxy) is 1. The highest BCUT2D eigenvalue weighted by molar-refractivity contribution is 5.86.